The third kappa shape index (κ3) is 3.71. The molecule has 1 heterocycles. The van der Waals surface area contributed by atoms with E-state index in [2.05, 4.69) is 0 Å². The summed E-state index contributed by atoms with van der Waals surface area (Å²) in [5.74, 6) is -1.56. The highest BCUT2D eigenvalue weighted by molar-refractivity contribution is 6.46. The van der Waals surface area contributed by atoms with Gasteiger partial charge in [-0.1, -0.05) is 53.6 Å². The Morgan fingerprint density at radius 2 is 1.13 bits per heavy atom. The zero-order chi connectivity index (χ0) is 22.1. The number of barbiturate groups is 1. The normalized spacial score (nSPS) is 14.3. The highest BCUT2D eigenvalue weighted by Crippen LogP contribution is 2.31. The van der Waals surface area contributed by atoms with E-state index in [1.165, 1.54) is 12.1 Å². The molecule has 4 amide bonds. The van der Waals surface area contributed by atoms with Crippen LogP contribution in [0.5, 0.6) is 5.75 Å². The zero-order valence-corrected chi connectivity index (χ0v) is 17.1. The number of phenolic OH excluding ortho intramolecular Hbond substituents is 1. The molecule has 0 aromatic heterocycles. The molecule has 0 bridgehead atoms. The van der Waals surface area contributed by atoms with Gasteiger partial charge in [-0.25, -0.2) is 14.6 Å². The van der Waals surface area contributed by atoms with Gasteiger partial charge in [0, 0.05) is 5.56 Å². The Morgan fingerprint density at radius 1 is 0.677 bits per heavy atom. The Kier molecular flexibility index (Phi) is 5.13. The van der Waals surface area contributed by atoms with Gasteiger partial charge in [-0.15, -0.1) is 0 Å². The number of carbonyl (C=O) groups is 3. The fourth-order valence-corrected chi connectivity index (χ4v) is 3.34. The summed E-state index contributed by atoms with van der Waals surface area (Å²) in [5, 5.41) is 10.1. The van der Waals surface area contributed by atoms with Gasteiger partial charge in [0.05, 0.1) is 11.4 Å². The Balaban J connectivity index is 1.88. The smallest absolute Gasteiger partial charge is 0.343 e. The van der Waals surface area contributed by atoms with Crippen molar-refractivity contribution in [3.05, 3.63) is 95.1 Å². The van der Waals surface area contributed by atoms with Crippen LogP contribution >= 0.6 is 0 Å². The minimum Gasteiger partial charge on any atom is -0.507 e. The van der Waals surface area contributed by atoms with Crippen molar-refractivity contribution in [2.45, 2.75) is 13.8 Å². The molecule has 0 aliphatic carbocycles. The van der Waals surface area contributed by atoms with Crippen LogP contribution in [0.1, 0.15) is 16.7 Å². The van der Waals surface area contributed by atoms with E-state index in [4.69, 9.17) is 0 Å². The monoisotopic (exact) mass is 412 g/mol. The summed E-state index contributed by atoms with van der Waals surface area (Å²) in [6, 6.07) is 19.4. The molecule has 0 atom stereocenters. The van der Waals surface area contributed by atoms with Crippen LogP contribution in [-0.2, 0) is 9.59 Å². The van der Waals surface area contributed by atoms with Crippen LogP contribution in [-0.4, -0.2) is 23.0 Å². The van der Waals surface area contributed by atoms with Gasteiger partial charge in [-0.3, -0.25) is 9.59 Å². The second kappa shape index (κ2) is 7.91. The average molecular weight is 412 g/mol. The number of nitrogens with zero attached hydrogens (tertiary/aromatic N) is 2. The number of anilines is 2. The minimum absolute atomic E-state index is 0.0729. The predicted octanol–water partition coefficient (Wildman–Crippen LogP) is 4.59. The quantitative estimate of drug-likeness (QED) is 0.504. The first-order valence-corrected chi connectivity index (χ1v) is 9.73. The fraction of sp³-hybridized carbons (Fsp3) is 0.0800. The molecule has 1 fully saturated rings. The summed E-state index contributed by atoms with van der Waals surface area (Å²) in [5.41, 5.74) is 2.74. The number of aryl methyl sites for hydroxylation is 2. The molecule has 154 valence electrons. The Morgan fingerprint density at radius 3 is 1.58 bits per heavy atom. The van der Waals surface area contributed by atoms with Crippen LogP contribution in [0.4, 0.5) is 16.2 Å². The zero-order valence-electron chi connectivity index (χ0n) is 17.1. The maximum absolute atomic E-state index is 13.3. The Hall–Kier alpha value is -4.19. The second-order valence-electron chi connectivity index (χ2n) is 7.35. The van der Waals surface area contributed by atoms with Gasteiger partial charge in [0.25, 0.3) is 11.8 Å². The van der Waals surface area contributed by atoms with Crippen molar-refractivity contribution in [3.63, 3.8) is 0 Å². The molecule has 0 unspecified atom stereocenters. The van der Waals surface area contributed by atoms with Crippen molar-refractivity contribution in [2.24, 2.45) is 0 Å². The van der Waals surface area contributed by atoms with Crippen LogP contribution in [0.3, 0.4) is 0 Å². The second-order valence-corrected chi connectivity index (χ2v) is 7.35. The number of phenols is 1. The number of imide groups is 2. The van der Waals surface area contributed by atoms with Crippen molar-refractivity contribution < 1.29 is 19.5 Å². The van der Waals surface area contributed by atoms with E-state index in [-0.39, 0.29) is 11.3 Å². The first-order chi connectivity index (χ1) is 14.9. The molecule has 0 spiro atoms. The van der Waals surface area contributed by atoms with E-state index in [9.17, 15) is 19.5 Å². The van der Waals surface area contributed by atoms with Gasteiger partial charge >= 0.3 is 6.03 Å². The molecular weight excluding hydrogens is 392 g/mol. The topological polar surface area (TPSA) is 77.9 Å². The summed E-state index contributed by atoms with van der Waals surface area (Å²) >= 11 is 0. The van der Waals surface area contributed by atoms with E-state index in [0.29, 0.717) is 16.9 Å². The number of carbonyl (C=O) groups excluding carboxylic acids is 3. The number of rotatable bonds is 3. The molecule has 31 heavy (non-hydrogen) atoms. The maximum Gasteiger partial charge on any atom is 0.343 e. The number of benzene rings is 3. The lowest BCUT2D eigenvalue weighted by Gasteiger charge is -2.34. The standard InChI is InChI=1S/C25H20N2O4/c1-16-7-11-19(12-8-16)26-23(29)21(15-18-5-3-4-6-22(18)28)24(30)27(25(26)31)20-13-9-17(2)10-14-20/h3-15,28H,1-2H3. The Bertz CT molecular complexity index is 1140. The molecule has 3 aromatic carbocycles. The summed E-state index contributed by atoms with van der Waals surface area (Å²) in [6.45, 7) is 3.80. The number of hydrogen-bond donors (Lipinski definition) is 1. The first kappa shape index (κ1) is 20.1. The first-order valence-electron chi connectivity index (χ1n) is 9.73. The largest absolute Gasteiger partial charge is 0.507 e. The third-order valence-electron chi connectivity index (χ3n) is 5.07. The lowest BCUT2D eigenvalue weighted by molar-refractivity contribution is -0.121. The summed E-state index contributed by atoms with van der Waals surface area (Å²) in [7, 11) is 0. The van der Waals surface area contributed by atoms with E-state index in [1.807, 2.05) is 13.8 Å². The van der Waals surface area contributed by atoms with Crippen molar-refractivity contribution in [3.8, 4) is 5.75 Å². The summed E-state index contributed by atoms with van der Waals surface area (Å²) in [6.07, 6.45) is 1.31. The van der Waals surface area contributed by atoms with Gasteiger partial charge in [0.15, 0.2) is 0 Å². The van der Waals surface area contributed by atoms with E-state index >= 15 is 0 Å². The molecule has 0 radical (unpaired) electrons. The molecule has 6 heteroatoms. The minimum atomic E-state index is -0.753. The highest BCUT2D eigenvalue weighted by atomic mass is 16.3. The number of hydrogen-bond acceptors (Lipinski definition) is 4. The highest BCUT2D eigenvalue weighted by Gasteiger charge is 2.43. The molecule has 3 aromatic rings. The van der Waals surface area contributed by atoms with Crippen molar-refractivity contribution in [1.29, 1.82) is 0 Å². The van der Waals surface area contributed by atoms with Crippen molar-refractivity contribution in [2.75, 3.05) is 9.80 Å². The fourth-order valence-electron chi connectivity index (χ4n) is 3.34. The van der Waals surface area contributed by atoms with E-state index in [1.54, 1.807) is 66.7 Å². The number of aromatic hydroxyl groups is 1. The molecular formula is C25H20N2O4. The lowest BCUT2D eigenvalue weighted by Crippen LogP contribution is -2.57. The van der Waals surface area contributed by atoms with Crippen molar-refractivity contribution in [1.82, 2.24) is 0 Å². The van der Waals surface area contributed by atoms with E-state index < -0.39 is 17.8 Å². The van der Waals surface area contributed by atoms with Crippen molar-refractivity contribution >= 4 is 35.3 Å². The SMILES string of the molecule is Cc1ccc(N2C(=O)C(=Cc3ccccc3O)C(=O)N(c3ccc(C)cc3)C2=O)cc1. The predicted molar refractivity (Wildman–Crippen MR) is 119 cm³/mol. The number of para-hydroxylation sites is 1. The lowest BCUT2D eigenvalue weighted by atomic mass is 10.0. The van der Waals surface area contributed by atoms with Gasteiger partial charge in [0.2, 0.25) is 0 Å². The third-order valence-corrected chi connectivity index (χ3v) is 5.07. The maximum atomic E-state index is 13.3. The molecule has 1 N–H and O–H groups in total. The molecule has 1 aliphatic heterocycles. The van der Waals surface area contributed by atoms with Crippen LogP contribution in [0.15, 0.2) is 78.4 Å². The van der Waals surface area contributed by atoms with Crippen LogP contribution < -0.4 is 9.80 Å². The Labute approximate surface area is 179 Å². The summed E-state index contributed by atoms with van der Waals surface area (Å²) in [4.78, 5) is 41.8. The van der Waals surface area contributed by atoms with Gasteiger partial charge < -0.3 is 5.11 Å². The van der Waals surface area contributed by atoms with Gasteiger partial charge in [-0.05, 0) is 50.3 Å². The molecule has 1 aliphatic rings. The van der Waals surface area contributed by atoms with Gasteiger partial charge in [0.1, 0.15) is 11.3 Å². The van der Waals surface area contributed by atoms with Crippen LogP contribution in [0.2, 0.25) is 0 Å². The van der Waals surface area contributed by atoms with Crippen LogP contribution in [0, 0.1) is 13.8 Å². The van der Waals surface area contributed by atoms with E-state index in [0.717, 1.165) is 20.9 Å². The molecule has 6 nitrogen and oxygen atoms in total. The van der Waals surface area contributed by atoms with Gasteiger partial charge in [-0.2, -0.15) is 0 Å². The number of amides is 4. The molecule has 1 saturated heterocycles. The number of urea groups is 1. The average Bonchev–Trinajstić information content (AvgIpc) is 2.75. The molecule has 4 rings (SSSR count). The molecule has 0 saturated carbocycles. The van der Waals surface area contributed by atoms with Crippen LogP contribution in [0.25, 0.3) is 6.08 Å². The summed E-state index contributed by atoms with van der Waals surface area (Å²) < 4.78 is 0.